The molecule has 2 bridgehead atoms. The molecule has 0 radical (unpaired) electrons. The molecule has 1 amide bonds. The number of ether oxygens (including phenoxy) is 2. The number of halogens is 2. The highest BCUT2D eigenvalue weighted by molar-refractivity contribution is 6.01. The summed E-state index contributed by atoms with van der Waals surface area (Å²) in [7, 11) is 0. The number of hydrogen-bond acceptors (Lipinski definition) is 4. The number of anilines is 1. The monoisotopic (exact) mass is 358 g/mol. The Morgan fingerprint density at radius 1 is 1.08 bits per heavy atom. The number of rotatable bonds is 3. The zero-order valence-electron chi connectivity index (χ0n) is 13.8. The topological polar surface area (TPSA) is 42.0 Å². The number of carbonyl (C=O) groups excluding carboxylic acids is 1. The Morgan fingerprint density at radius 3 is 2.62 bits per heavy atom. The minimum atomic E-state index is -0.576. The SMILES string of the molecule is O=C1[C@@H]2C[C@@H](CN2Cc2c(F)cccc2F)N1c1ccc2c(c1)OCO2. The summed E-state index contributed by atoms with van der Waals surface area (Å²) in [5, 5.41) is 0. The molecule has 3 aliphatic heterocycles. The minimum absolute atomic E-state index is 0.0114. The average Bonchev–Trinajstić information content (AvgIpc) is 3.31. The molecule has 0 unspecified atom stereocenters. The van der Waals surface area contributed by atoms with Crippen LogP contribution in [0.15, 0.2) is 36.4 Å². The second-order valence-corrected chi connectivity index (χ2v) is 6.78. The van der Waals surface area contributed by atoms with Gasteiger partial charge in [0.15, 0.2) is 11.5 Å². The Hall–Kier alpha value is -2.67. The van der Waals surface area contributed by atoms with Gasteiger partial charge >= 0.3 is 0 Å². The van der Waals surface area contributed by atoms with Gasteiger partial charge in [-0.15, -0.1) is 0 Å². The summed E-state index contributed by atoms with van der Waals surface area (Å²) in [5.74, 6) is 0.100. The number of fused-ring (bicyclic) bond motifs is 3. The Bertz CT molecular complexity index is 884. The van der Waals surface area contributed by atoms with Crippen LogP contribution in [0.25, 0.3) is 0 Å². The highest BCUT2D eigenvalue weighted by atomic mass is 19.1. The van der Waals surface area contributed by atoms with Gasteiger partial charge in [-0.1, -0.05) is 6.07 Å². The predicted molar refractivity (Wildman–Crippen MR) is 89.0 cm³/mol. The van der Waals surface area contributed by atoms with Gasteiger partial charge in [0.05, 0.1) is 12.1 Å². The van der Waals surface area contributed by atoms with Crippen LogP contribution in [-0.4, -0.2) is 36.2 Å². The molecule has 0 aromatic heterocycles. The van der Waals surface area contributed by atoms with Crippen LogP contribution in [0.4, 0.5) is 14.5 Å². The van der Waals surface area contributed by atoms with Crippen molar-refractivity contribution in [3.63, 3.8) is 0 Å². The summed E-state index contributed by atoms with van der Waals surface area (Å²) in [6.45, 7) is 0.861. The summed E-state index contributed by atoms with van der Waals surface area (Å²) in [4.78, 5) is 16.5. The van der Waals surface area contributed by atoms with Crippen LogP contribution in [0.3, 0.4) is 0 Å². The molecule has 0 aliphatic carbocycles. The van der Waals surface area contributed by atoms with E-state index in [2.05, 4.69) is 0 Å². The maximum Gasteiger partial charge on any atom is 0.244 e. The van der Waals surface area contributed by atoms with Crippen molar-refractivity contribution in [2.24, 2.45) is 0 Å². The Balaban J connectivity index is 1.38. The van der Waals surface area contributed by atoms with Crippen molar-refractivity contribution in [3.8, 4) is 11.5 Å². The number of amides is 1. The Kier molecular flexibility index (Phi) is 3.40. The van der Waals surface area contributed by atoms with E-state index in [1.165, 1.54) is 18.2 Å². The van der Waals surface area contributed by atoms with Gasteiger partial charge in [0.1, 0.15) is 11.6 Å². The molecule has 3 heterocycles. The molecule has 3 aliphatic rings. The zero-order valence-corrected chi connectivity index (χ0v) is 13.8. The molecular formula is C19H16F2N2O3. The molecule has 2 saturated heterocycles. The van der Waals surface area contributed by atoms with Gasteiger partial charge in [-0.2, -0.15) is 0 Å². The number of likely N-dealkylation sites (tertiary alicyclic amines) is 1. The predicted octanol–water partition coefficient (Wildman–Crippen LogP) is 2.68. The first-order valence-corrected chi connectivity index (χ1v) is 8.51. The van der Waals surface area contributed by atoms with E-state index in [0.29, 0.717) is 24.5 Å². The second-order valence-electron chi connectivity index (χ2n) is 6.78. The van der Waals surface area contributed by atoms with Crippen LogP contribution in [0, 0.1) is 11.6 Å². The molecule has 2 atom stereocenters. The van der Waals surface area contributed by atoms with Crippen molar-refractivity contribution in [1.29, 1.82) is 0 Å². The lowest BCUT2D eigenvalue weighted by Gasteiger charge is -2.34. The molecule has 2 aromatic rings. The summed E-state index contributed by atoms with van der Waals surface area (Å²) in [5.41, 5.74) is 0.783. The molecular weight excluding hydrogens is 342 g/mol. The molecule has 0 saturated carbocycles. The van der Waals surface area contributed by atoms with Gasteiger partial charge < -0.3 is 14.4 Å². The van der Waals surface area contributed by atoms with E-state index in [4.69, 9.17) is 9.47 Å². The first-order chi connectivity index (χ1) is 12.6. The lowest BCUT2D eigenvalue weighted by molar-refractivity contribution is -0.122. The number of benzene rings is 2. The Morgan fingerprint density at radius 2 is 1.85 bits per heavy atom. The molecule has 0 N–H and O–H groups in total. The summed E-state index contributed by atoms with van der Waals surface area (Å²) in [6, 6.07) is 8.91. The van der Waals surface area contributed by atoms with Crippen LogP contribution in [0.2, 0.25) is 0 Å². The van der Waals surface area contributed by atoms with Crippen LogP contribution in [0.1, 0.15) is 12.0 Å². The molecule has 7 heteroatoms. The third kappa shape index (κ3) is 2.27. The lowest BCUT2D eigenvalue weighted by atomic mass is 10.1. The van der Waals surface area contributed by atoms with Crippen molar-refractivity contribution >= 4 is 11.6 Å². The fourth-order valence-electron chi connectivity index (χ4n) is 4.10. The summed E-state index contributed by atoms with van der Waals surface area (Å²) in [6.07, 6.45) is 0.656. The quantitative estimate of drug-likeness (QED) is 0.846. The minimum Gasteiger partial charge on any atom is -0.454 e. The highest BCUT2D eigenvalue weighted by Crippen LogP contribution is 2.41. The molecule has 2 aromatic carbocycles. The summed E-state index contributed by atoms with van der Waals surface area (Å²) >= 11 is 0. The van der Waals surface area contributed by atoms with Gasteiger partial charge in [0, 0.05) is 30.4 Å². The fraction of sp³-hybridized carbons (Fsp3) is 0.316. The van der Waals surface area contributed by atoms with Crippen LogP contribution in [0.5, 0.6) is 11.5 Å². The van der Waals surface area contributed by atoms with Crippen LogP contribution >= 0.6 is 0 Å². The standard InChI is InChI=1S/C19H16F2N2O3/c20-14-2-1-3-15(21)13(14)9-22-8-12-6-16(22)19(24)23(12)11-4-5-17-18(7-11)26-10-25-17/h1-5,7,12,16H,6,8-10H2/t12-,16-/m0/s1. The van der Waals surface area contributed by atoms with Crippen molar-refractivity contribution < 1.29 is 23.0 Å². The zero-order chi connectivity index (χ0) is 17.8. The maximum absolute atomic E-state index is 13.9. The first-order valence-electron chi connectivity index (χ1n) is 8.51. The second kappa shape index (κ2) is 5.67. The first kappa shape index (κ1) is 15.6. The van der Waals surface area contributed by atoms with Gasteiger partial charge in [0.25, 0.3) is 0 Å². The molecule has 5 rings (SSSR count). The van der Waals surface area contributed by atoms with E-state index in [-0.39, 0.29) is 36.9 Å². The Labute approximate surface area is 148 Å². The number of piperazine rings is 1. The highest BCUT2D eigenvalue weighted by Gasteiger charge is 2.50. The lowest BCUT2D eigenvalue weighted by Crippen LogP contribution is -2.50. The van der Waals surface area contributed by atoms with E-state index in [9.17, 15) is 13.6 Å². The van der Waals surface area contributed by atoms with Gasteiger partial charge in [-0.05, 0) is 30.7 Å². The number of carbonyl (C=O) groups is 1. The normalized spacial score (nSPS) is 23.9. The van der Waals surface area contributed by atoms with Crippen molar-refractivity contribution in [2.45, 2.75) is 25.0 Å². The smallest absolute Gasteiger partial charge is 0.244 e. The van der Waals surface area contributed by atoms with Crippen LogP contribution < -0.4 is 14.4 Å². The van der Waals surface area contributed by atoms with Gasteiger partial charge in [-0.3, -0.25) is 9.69 Å². The van der Waals surface area contributed by atoms with E-state index >= 15 is 0 Å². The van der Waals surface area contributed by atoms with E-state index in [0.717, 1.165) is 5.69 Å². The van der Waals surface area contributed by atoms with Gasteiger partial charge in [0.2, 0.25) is 12.7 Å². The average molecular weight is 358 g/mol. The van der Waals surface area contributed by atoms with Crippen molar-refractivity contribution in [1.82, 2.24) is 4.90 Å². The van der Waals surface area contributed by atoms with Crippen molar-refractivity contribution in [3.05, 3.63) is 53.6 Å². The fourth-order valence-corrected chi connectivity index (χ4v) is 4.10. The molecule has 134 valence electrons. The maximum atomic E-state index is 13.9. The number of hydrogen-bond donors (Lipinski definition) is 0. The van der Waals surface area contributed by atoms with E-state index in [1.807, 2.05) is 17.0 Å². The third-order valence-electron chi connectivity index (χ3n) is 5.33. The largest absolute Gasteiger partial charge is 0.454 e. The molecule has 0 spiro atoms. The molecule has 5 nitrogen and oxygen atoms in total. The molecule has 2 fully saturated rings. The molecule has 26 heavy (non-hydrogen) atoms. The number of nitrogens with zero attached hydrogens (tertiary/aromatic N) is 2. The summed E-state index contributed by atoms with van der Waals surface area (Å²) < 4.78 is 38.5. The van der Waals surface area contributed by atoms with Gasteiger partial charge in [-0.25, -0.2) is 8.78 Å². The van der Waals surface area contributed by atoms with E-state index < -0.39 is 11.6 Å². The van der Waals surface area contributed by atoms with Crippen molar-refractivity contribution in [2.75, 3.05) is 18.2 Å². The third-order valence-corrected chi connectivity index (χ3v) is 5.33. The van der Waals surface area contributed by atoms with Crippen LogP contribution in [-0.2, 0) is 11.3 Å². The van der Waals surface area contributed by atoms with E-state index in [1.54, 1.807) is 11.0 Å².